The molecule has 2 aromatic rings. The van der Waals surface area contributed by atoms with Gasteiger partial charge in [0.05, 0.1) is 5.56 Å². The fourth-order valence-electron chi connectivity index (χ4n) is 1.68. The minimum atomic E-state index is -0.344. The SMILES string of the molecule is CC(=O)OCc1cc(Oc2ccccc2C#N)ccc1Br. The second-order valence-corrected chi connectivity index (χ2v) is 5.10. The molecular formula is C16H12BrNO3. The lowest BCUT2D eigenvalue weighted by Crippen LogP contribution is -2.00. The normalized spacial score (nSPS) is 9.76. The minimum absolute atomic E-state index is 0.160. The Hall–Kier alpha value is -2.32. The van der Waals surface area contributed by atoms with E-state index in [1.165, 1.54) is 6.92 Å². The van der Waals surface area contributed by atoms with Crippen LogP contribution in [0.3, 0.4) is 0 Å². The Morgan fingerprint density at radius 1 is 1.29 bits per heavy atom. The fourth-order valence-corrected chi connectivity index (χ4v) is 2.04. The van der Waals surface area contributed by atoms with Gasteiger partial charge in [0, 0.05) is 17.0 Å². The number of hydrogen-bond donors (Lipinski definition) is 0. The van der Waals surface area contributed by atoms with E-state index in [4.69, 9.17) is 14.7 Å². The van der Waals surface area contributed by atoms with Crippen molar-refractivity contribution < 1.29 is 14.3 Å². The highest BCUT2D eigenvalue weighted by atomic mass is 79.9. The van der Waals surface area contributed by atoms with E-state index < -0.39 is 0 Å². The van der Waals surface area contributed by atoms with Gasteiger partial charge in [0.15, 0.2) is 0 Å². The second kappa shape index (κ2) is 6.91. The lowest BCUT2D eigenvalue weighted by atomic mass is 10.2. The van der Waals surface area contributed by atoms with Crippen LogP contribution in [0.2, 0.25) is 0 Å². The first-order valence-electron chi connectivity index (χ1n) is 6.19. The van der Waals surface area contributed by atoms with Crippen LogP contribution >= 0.6 is 15.9 Å². The van der Waals surface area contributed by atoms with E-state index >= 15 is 0 Å². The zero-order valence-corrected chi connectivity index (χ0v) is 12.9. The number of hydrogen-bond acceptors (Lipinski definition) is 4. The molecule has 4 nitrogen and oxygen atoms in total. The summed E-state index contributed by atoms with van der Waals surface area (Å²) in [6, 6.07) is 14.4. The van der Waals surface area contributed by atoms with Crippen LogP contribution in [0.4, 0.5) is 0 Å². The molecule has 5 heteroatoms. The number of nitriles is 1. The Morgan fingerprint density at radius 2 is 2.05 bits per heavy atom. The van der Waals surface area contributed by atoms with Gasteiger partial charge in [-0.25, -0.2) is 0 Å². The standard InChI is InChI=1S/C16H12BrNO3/c1-11(19)20-10-13-8-14(6-7-15(13)17)21-16-5-3-2-4-12(16)9-18/h2-8H,10H2,1H3. The Morgan fingerprint density at radius 3 is 2.76 bits per heavy atom. The molecule has 0 atom stereocenters. The highest BCUT2D eigenvalue weighted by Crippen LogP contribution is 2.28. The fraction of sp³-hybridized carbons (Fsp3) is 0.125. The molecule has 0 amide bonds. The Labute approximate surface area is 131 Å². The van der Waals surface area contributed by atoms with Gasteiger partial charge in [0.25, 0.3) is 0 Å². The Kier molecular flexibility index (Phi) is 4.96. The van der Waals surface area contributed by atoms with Crippen LogP contribution in [0, 0.1) is 11.3 Å². The van der Waals surface area contributed by atoms with Crippen LogP contribution < -0.4 is 4.74 Å². The Bertz CT molecular complexity index is 707. The zero-order chi connectivity index (χ0) is 15.2. The van der Waals surface area contributed by atoms with Gasteiger partial charge in [0.2, 0.25) is 0 Å². The van der Waals surface area contributed by atoms with Gasteiger partial charge in [0.1, 0.15) is 24.2 Å². The maximum Gasteiger partial charge on any atom is 0.302 e. The predicted molar refractivity (Wildman–Crippen MR) is 80.8 cm³/mol. The van der Waals surface area contributed by atoms with Crippen molar-refractivity contribution in [3.8, 4) is 17.6 Å². The largest absolute Gasteiger partial charge is 0.461 e. The molecule has 0 aromatic heterocycles. The van der Waals surface area contributed by atoms with Crippen molar-refractivity contribution in [3.05, 3.63) is 58.1 Å². The number of esters is 1. The summed E-state index contributed by atoms with van der Waals surface area (Å²) < 4.78 is 11.5. The summed E-state index contributed by atoms with van der Waals surface area (Å²) in [5.74, 6) is 0.715. The predicted octanol–water partition coefficient (Wildman–Crippen LogP) is 4.18. The smallest absolute Gasteiger partial charge is 0.302 e. The quantitative estimate of drug-likeness (QED) is 0.780. The summed E-state index contributed by atoms with van der Waals surface area (Å²) in [6.07, 6.45) is 0. The summed E-state index contributed by atoms with van der Waals surface area (Å²) in [7, 11) is 0. The molecule has 21 heavy (non-hydrogen) atoms. The van der Waals surface area contributed by atoms with Crippen molar-refractivity contribution in [2.75, 3.05) is 0 Å². The van der Waals surface area contributed by atoms with Gasteiger partial charge in [-0.2, -0.15) is 5.26 Å². The van der Waals surface area contributed by atoms with E-state index in [0.717, 1.165) is 10.0 Å². The van der Waals surface area contributed by atoms with Crippen molar-refractivity contribution in [3.63, 3.8) is 0 Å². The van der Waals surface area contributed by atoms with E-state index in [-0.39, 0.29) is 12.6 Å². The Balaban J connectivity index is 2.23. The van der Waals surface area contributed by atoms with Crippen molar-refractivity contribution in [2.24, 2.45) is 0 Å². The van der Waals surface area contributed by atoms with E-state index in [9.17, 15) is 4.79 Å². The zero-order valence-electron chi connectivity index (χ0n) is 11.3. The molecule has 0 radical (unpaired) electrons. The van der Waals surface area contributed by atoms with Gasteiger partial charge >= 0.3 is 5.97 Å². The molecule has 0 heterocycles. The molecule has 0 unspecified atom stereocenters. The topological polar surface area (TPSA) is 59.3 Å². The molecule has 0 N–H and O–H groups in total. The van der Waals surface area contributed by atoms with E-state index in [1.807, 2.05) is 6.07 Å². The molecule has 0 saturated heterocycles. The summed E-state index contributed by atoms with van der Waals surface area (Å²) in [5.41, 5.74) is 1.25. The number of rotatable bonds is 4. The molecule has 0 bridgehead atoms. The summed E-state index contributed by atoms with van der Waals surface area (Å²) in [4.78, 5) is 10.9. The van der Waals surface area contributed by atoms with Crippen molar-refractivity contribution >= 4 is 21.9 Å². The molecule has 106 valence electrons. The minimum Gasteiger partial charge on any atom is -0.461 e. The van der Waals surface area contributed by atoms with Crippen LogP contribution in [0.15, 0.2) is 46.9 Å². The third kappa shape index (κ3) is 4.07. The number of carbonyl (C=O) groups is 1. The van der Waals surface area contributed by atoms with Crippen molar-refractivity contribution in [2.45, 2.75) is 13.5 Å². The van der Waals surface area contributed by atoms with Crippen LogP contribution in [0.25, 0.3) is 0 Å². The number of carbonyl (C=O) groups excluding carboxylic acids is 1. The second-order valence-electron chi connectivity index (χ2n) is 4.24. The first kappa shape index (κ1) is 15.1. The first-order chi connectivity index (χ1) is 10.1. The maximum absolute atomic E-state index is 10.9. The number of ether oxygens (including phenoxy) is 2. The number of halogens is 1. The van der Waals surface area contributed by atoms with Crippen LogP contribution in [-0.4, -0.2) is 5.97 Å². The van der Waals surface area contributed by atoms with Gasteiger partial charge in [-0.1, -0.05) is 28.1 Å². The highest BCUT2D eigenvalue weighted by molar-refractivity contribution is 9.10. The van der Waals surface area contributed by atoms with Crippen LogP contribution in [0.1, 0.15) is 18.1 Å². The van der Waals surface area contributed by atoms with Crippen LogP contribution in [0.5, 0.6) is 11.5 Å². The summed E-state index contributed by atoms with van der Waals surface area (Å²) >= 11 is 3.39. The van der Waals surface area contributed by atoms with Gasteiger partial charge < -0.3 is 9.47 Å². The molecule has 0 aliphatic heterocycles. The number of nitrogens with zero attached hydrogens (tertiary/aromatic N) is 1. The van der Waals surface area contributed by atoms with E-state index in [0.29, 0.717) is 17.1 Å². The van der Waals surface area contributed by atoms with Gasteiger partial charge in [-0.15, -0.1) is 0 Å². The van der Waals surface area contributed by atoms with Gasteiger partial charge in [-0.3, -0.25) is 4.79 Å². The molecular weight excluding hydrogens is 334 g/mol. The molecule has 0 spiro atoms. The molecule has 2 rings (SSSR count). The van der Waals surface area contributed by atoms with Gasteiger partial charge in [-0.05, 0) is 30.3 Å². The number of para-hydroxylation sites is 1. The van der Waals surface area contributed by atoms with Crippen molar-refractivity contribution in [1.82, 2.24) is 0 Å². The van der Waals surface area contributed by atoms with Crippen molar-refractivity contribution in [1.29, 1.82) is 5.26 Å². The molecule has 2 aromatic carbocycles. The van der Waals surface area contributed by atoms with E-state index in [1.54, 1.807) is 36.4 Å². The molecule has 0 fully saturated rings. The van der Waals surface area contributed by atoms with E-state index in [2.05, 4.69) is 22.0 Å². The van der Waals surface area contributed by atoms with Crippen LogP contribution in [-0.2, 0) is 16.1 Å². The lowest BCUT2D eigenvalue weighted by Gasteiger charge is -2.10. The average Bonchev–Trinajstić information content (AvgIpc) is 2.48. The molecule has 0 saturated carbocycles. The summed E-state index contributed by atoms with van der Waals surface area (Å²) in [5, 5.41) is 9.05. The lowest BCUT2D eigenvalue weighted by molar-refractivity contribution is -0.142. The summed E-state index contributed by atoms with van der Waals surface area (Å²) in [6.45, 7) is 1.52. The molecule has 0 aliphatic rings. The monoisotopic (exact) mass is 345 g/mol. The third-order valence-electron chi connectivity index (χ3n) is 2.68. The molecule has 0 aliphatic carbocycles. The average molecular weight is 346 g/mol. The maximum atomic E-state index is 10.9. The highest BCUT2D eigenvalue weighted by Gasteiger charge is 2.07. The third-order valence-corrected chi connectivity index (χ3v) is 3.46. The first-order valence-corrected chi connectivity index (χ1v) is 6.98. The number of benzene rings is 2.